The Morgan fingerprint density at radius 2 is 1.84 bits per heavy atom. The quantitative estimate of drug-likeness (QED) is 0.195. The lowest BCUT2D eigenvalue weighted by molar-refractivity contribution is -0.127. The average molecular weight is 468 g/mol. The predicted octanol–water partition coefficient (Wildman–Crippen LogP) is 1.27. The highest BCUT2D eigenvalue weighted by atomic mass is 127. The lowest BCUT2D eigenvalue weighted by Gasteiger charge is -2.24. The molecular weight excluding hydrogens is 435 g/mol. The molecule has 1 amide bonds. The molecule has 0 aromatic carbocycles. The van der Waals surface area contributed by atoms with E-state index in [9.17, 15) is 4.79 Å². The van der Waals surface area contributed by atoms with E-state index in [4.69, 9.17) is 9.47 Å². The van der Waals surface area contributed by atoms with Crippen molar-refractivity contribution in [3.8, 4) is 0 Å². The fourth-order valence-corrected chi connectivity index (χ4v) is 2.72. The predicted molar refractivity (Wildman–Crippen MR) is 110 cm³/mol. The second-order valence-electron chi connectivity index (χ2n) is 6.41. The molecule has 3 N–H and O–H groups in total. The molecule has 0 radical (unpaired) electrons. The van der Waals surface area contributed by atoms with E-state index >= 15 is 0 Å². The maximum absolute atomic E-state index is 11.7. The normalized spacial score (nSPS) is 20.5. The summed E-state index contributed by atoms with van der Waals surface area (Å²) in [6, 6.07) is 0. The summed E-state index contributed by atoms with van der Waals surface area (Å²) in [6.07, 6.45) is 6.42. The summed E-state index contributed by atoms with van der Waals surface area (Å²) in [5.74, 6) is 1.28. The summed E-state index contributed by atoms with van der Waals surface area (Å²) in [5.41, 5.74) is 0. The monoisotopic (exact) mass is 468 g/mol. The summed E-state index contributed by atoms with van der Waals surface area (Å²) < 4.78 is 11.0. The number of hydrogen-bond acceptors (Lipinski definition) is 4. The summed E-state index contributed by atoms with van der Waals surface area (Å²) in [6.45, 7) is 4.63. The number of carbonyl (C=O) groups is 1. The zero-order valence-electron chi connectivity index (χ0n) is 15.2. The van der Waals surface area contributed by atoms with Crippen molar-refractivity contribution in [3.05, 3.63) is 0 Å². The number of amides is 1. The van der Waals surface area contributed by atoms with Gasteiger partial charge in [-0.15, -0.1) is 24.0 Å². The van der Waals surface area contributed by atoms with Crippen LogP contribution in [0.15, 0.2) is 4.99 Å². The van der Waals surface area contributed by atoms with Gasteiger partial charge < -0.3 is 25.4 Å². The molecule has 0 bridgehead atoms. The maximum atomic E-state index is 11.7. The Morgan fingerprint density at radius 3 is 2.44 bits per heavy atom. The molecular formula is C17H33IN4O3. The zero-order valence-corrected chi connectivity index (χ0v) is 17.6. The van der Waals surface area contributed by atoms with Gasteiger partial charge in [0.15, 0.2) is 5.96 Å². The van der Waals surface area contributed by atoms with Gasteiger partial charge in [-0.1, -0.05) is 6.42 Å². The van der Waals surface area contributed by atoms with Crippen molar-refractivity contribution in [1.82, 2.24) is 16.0 Å². The van der Waals surface area contributed by atoms with Crippen LogP contribution in [0, 0.1) is 5.92 Å². The van der Waals surface area contributed by atoms with Gasteiger partial charge in [-0.05, 0) is 32.1 Å². The third kappa shape index (κ3) is 9.05. The first-order chi connectivity index (χ1) is 11.8. The topological polar surface area (TPSA) is 84.0 Å². The molecule has 1 heterocycles. The van der Waals surface area contributed by atoms with Crippen LogP contribution < -0.4 is 16.0 Å². The summed E-state index contributed by atoms with van der Waals surface area (Å²) in [7, 11) is 1.76. The molecule has 0 spiro atoms. The van der Waals surface area contributed by atoms with Gasteiger partial charge in [0.2, 0.25) is 5.91 Å². The number of nitrogens with one attached hydrogen (secondary N) is 3. The van der Waals surface area contributed by atoms with Gasteiger partial charge in [0.1, 0.15) is 0 Å². The molecule has 7 nitrogen and oxygen atoms in total. The van der Waals surface area contributed by atoms with E-state index in [1.807, 2.05) is 0 Å². The number of halogens is 1. The van der Waals surface area contributed by atoms with Gasteiger partial charge >= 0.3 is 0 Å². The van der Waals surface area contributed by atoms with Crippen LogP contribution in [0.2, 0.25) is 0 Å². The highest BCUT2D eigenvalue weighted by Gasteiger charge is 2.24. The van der Waals surface area contributed by atoms with Crippen molar-refractivity contribution in [2.75, 3.05) is 46.5 Å². The molecule has 8 heteroatoms. The number of rotatable bonds is 10. The van der Waals surface area contributed by atoms with Crippen molar-refractivity contribution in [1.29, 1.82) is 0 Å². The van der Waals surface area contributed by atoms with Crippen LogP contribution in [-0.2, 0) is 14.3 Å². The van der Waals surface area contributed by atoms with Crippen LogP contribution in [0.5, 0.6) is 0 Å². The van der Waals surface area contributed by atoms with Crippen LogP contribution in [0.25, 0.3) is 0 Å². The Bertz CT molecular complexity index is 399. The smallest absolute Gasteiger partial charge is 0.223 e. The summed E-state index contributed by atoms with van der Waals surface area (Å²) in [4.78, 5) is 15.9. The Kier molecular flexibility index (Phi) is 12.2. The molecule has 2 aliphatic rings. The van der Waals surface area contributed by atoms with Gasteiger partial charge in [-0.3, -0.25) is 9.79 Å². The third-order valence-electron chi connectivity index (χ3n) is 4.50. The standard InChI is InChI=1S/C17H32N4O3.HI/c1-18-17(21-10-4-11-24-15-7-12-23-13-15)20-9-3-8-19-16(22)14-5-2-6-14;/h14-15H,2-13H2,1H3,(H,19,22)(H2,18,20,21);1H. The van der Waals surface area contributed by atoms with E-state index in [1.165, 1.54) is 6.42 Å². The fraction of sp³-hybridized carbons (Fsp3) is 0.882. The molecule has 146 valence electrons. The van der Waals surface area contributed by atoms with E-state index in [0.717, 1.165) is 77.5 Å². The molecule has 1 atom stereocenters. The number of nitrogens with zero attached hydrogens (tertiary/aromatic N) is 1. The van der Waals surface area contributed by atoms with Crippen molar-refractivity contribution in [3.63, 3.8) is 0 Å². The van der Waals surface area contributed by atoms with E-state index < -0.39 is 0 Å². The Labute approximate surface area is 168 Å². The molecule has 0 aromatic heterocycles. The number of carbonyl (C=O) groups excluding carboxylic acids is 1. The van der Waals surface area contributed by atoms with E-state index in [0.29, 0.717) is 0 Å². The first-order valence-corrected chi connectivity index (χ1v) is 9.21. The largest absolute Gasteiger partial charge is 0.379 e. The molecule has 25 heavy (non-hydrogen) atoms. The molecule has 1 saturated heterocycles. The van der Waals surface area contributed by atoms with Crippen LogP contribution >= 0.6 is 24.0 Å². The molecule has 2 rings (SSSR count). The van der Waals surface area contributed by atoms with Gasteiger partial charge in [0, 0.05) is 45.8 Å². The van der Waals surface area contributed by atoms with Crippen LogP contribution in [0.4, 0.5) is 0 Å². The van der Waals surface area contributed by atoms with Gasteiger partial charge in [-0.25, -0.2) is 0 Å². The summed E-state index contributed by atoms with van der Waals surface area (Å²) >= 11 is 0. The average Bonchev–Trinajstić information content (AvgIpc) is 3.04. The minimum absolute atomic E-state index is 0. The number of guanidine groups is 1. The zero-order chi connectivity index (χ0) is 17.0. The molecule has 1 aliphatic carbocycles. The fourth-order valence-electron chi connectivity index (χ4n) is 2.72. The molecule has 1 aliphatic heterocycles. The van der Waals surface area contributed by atoms with E-state index in [-0.39, 0.29) is 41.9 Å². The van der Waals surface area contributed by atoms with Crippen LogP contribution in [0.1, 0.15) is 38.5 Å². The summed E-state index contributed by atoms with van der Waals surface area (Å²) in [5, 5.41) is 9.53. The van der Waals surface area contributed by atoms with Crippen LogP contribution in [-0.4, -0.2) is 64.5 Å². The highest BCUT2D eigenvalue weighted by Crippen LogP contribution is 2.25. The van der Waals surface area contributed by atoms with Crippen molar-refractivity contribution in [2.45, 2.75) is 44.6 Å². The number of ether oxygens (including phenoxy) is 2. The van der Waals surface area contributed by atoms with Crippen molar-refractivity contribution in [2.24, 2.45) is 10.9 Å². The lowest BCUT2D eigenvalue weighted by Crippen LogP contribution is -2.40. The molecule has 2 fully saturated rings. The maximum Gasteiger partial charge on any atom is 0.223 e. The second kappa shape index (κ2) is 13.6. The van der Waals surface area contributed by atoms with Gasteiger partial charge in [-0.2, -0.15) is 0 Å². The highest BCUT2D eigenvalue weighted by molar-refractivity contribution is 14.0. The molecule has 1 unspecified atom stereocenters. The van der Waals surface area contributed by atoms with Gasteiger partial charge in [0.05, 0.1) is 12.7 Å². The van der Waals surface area contributed by atoms with Gasteiger partial charge in [0.25, 0.3) is 0 Å². The second-order valence-corrected chi connectivity index (χ2v) is 6.41. The minimum atomic E-state index is 0. The first-order valence-electron chi connectivity index (χ1n) is 9.21. The number of aliphatic imine (C=N–C) groups is 1. The first kappa shape index (κ1) is 22.4. The Morgan fingerprint density at radius 1 is 1.12 bits per heavy atom. The molecule has 0 aromatic rings. The molecule has 1 saturated carbocycles. The van der Waals surface area contributed by atoms with E-state index in [2.05, 4.69) is 20.9 Å². The lowest BCUT2D eigenvalue weighted by atomic mass is 9.85. The van der Waals surface area contributed by atoms with Crippen molar-refractivity contribution < 1.29 is 14.3 Å². The minimum Gasteiger partial charge on any atom is -0.379 e. The van der Waals surface area contributed by atoms with Crippen molar-refractivity contribution >= 4 is 35.8 Å². The number of hydrogen-bond donors (Lipinski definition) is 3. The Hall–Kier alpha value is -0.610. The van der Waals surface area contributed by atoms with E-state index in [1.54, 1.807) is 7.05 Å². The third-order valence-corrected chi connectivity index (χ3v) is 4.50. The van der Waals surface area contributed by atoms with Crippen LogP contribution in [0.3, 0.4) is 0 Å². The Balaban J connectivity index is 0.00000312. The SMILES string of the molecule is CN=C(NCCCNC(=O)C1CCC1)NCCCOC1CCOC1.I.